The van der Waals surface area contributed by atoms with E-state index in [1.807, 2.05) is 18.6 Å². The molecule has 0 aliphatic rings. The minimum Gasteiger partial charge on any atom is -0.354 e. The lowest BCUT2D eigenvalue weighted by atomic mass is 10.2. The number of amides is 2. The molecule has 2 aromatic rings. The number of anilines is 2. The van der Waals surface area contributed by atoms with Crippen LogP contribution in [0.3, 0.4) is 0 Å². The standard InChI is InChI=1S/C15H19ClN6O3S/c1-4-17-13-18-12(16)19-14(20-13)22(5-2)15(23)21-26(24,25)11-8-6-10(3)7-9-11/h6-9H,4-5H2,1-3H3,(H,21,23)(H,17,18,19,20). The number of hydrogen-bond donors (Lipinski definition) is 2. The van der Waals surface area contributed by atoms with E-state index in [1.165, 1.54) is 12.1 Å². The van der Waals surface area contributed by atoms with Crippen LogP contribution in [-0.4, -0.2) is 42.5 Å². The Labute approximate surface area is 156 Å². The Kier molecular flexibility index (Phi) is 6.32. The fourth-order valence-corrected chi connectivity index (χ4v) is 3.13. The summed E-state index contributed by atoms with van der Waals surface area (Å²) < 4.78 is 26.8. The molecule has 11 heteroatoms. The van der Waals surface area contributed by atoms with E-state index < -0.39 is 16.1 Å². The Balaban J connectivity index is 2.27. The average molecular weight is 399 g/mol. The minimum absolute atomic E-state index is 0.0190. The molecular formula is C15H19ClN6O3S. The van der Waals surface area contributed by atoms with Gasteiger partial charge in [0.05, 0.1) is 4.90 Å². The van der Waals surface area contributed by atoms with Gasteiger partial charge in [-0.1, -0.05) is 17.7 Å². The van der Waals surface area contributed by atoms with Crippen molar-refractivity contribution in [3.05, 3.63) is 35.1 Å². The lowest BCUT2D eigenvalue weighted by molar-refractivity contribution is 0.251. The summed E-state index contributed by atoms with van der Waals surface area (Å²) in [5, 5.41) is 2.75. The molecule has 0 atom stereocenters. The molecule has 2 amide bonds. The van der Waals surface area contributed by atoms with Gasteiger partial charge in [-0.05, 0) is 44.5 Å². The zero-order valence-electron chi connectivity index (χ0n) is 14.5. The number of carbonyl (C=O) groups is 1. The summed E-state index contributed by atoms with van der Waals surface area (Å²) in [6.45, 7) is 6.00. The molecule has 9 nitrogen and oxygen atoms in total. The van der Waals surface area contributed by atoms with E-state index in [-0.39, 0.29) is 28.6 Å². The summed E-state index contributed by atoms with van der Waals surface area (Å²) in [4.78, 5) is 25.4. The zero-order chi connectivity index (χ0) is 19.3. The van der Waals surface area contributed by atoms with Gasteiger partial charge in [-0.3, -0.25) is 4.90 Å². The number of hydrogen-bond acceptors (Lipinski definition) is 7. The maximum atomic E-state index is 12.5. The first-order valence-electron chi connectivity index (χ1n) is 7.83. The number of aromatic nitrogens is 3. The van der Waals surface area contributed by atoms with Gasteiger partial charge in [0, 0.05) is 13.1 Å². The minimum atomic E-state index is -4.03. The van der Waals surface area contributed by atoms with Crippen LogP contribution in [0.4, 0.5) is 16.7 Å². The third-order valence-electron chi connectivity index (χ3n) is 3.29. The number of sulfonamides is 1. The normalized spacial score (nSPS) is 11.1. The van der Waals surface area contributed by atoms with Crippen LogP contribution in [0.5, 0.6) is 0 Å². The first kappa shape index (κ1) is 19.9. The van der Waals surface area contributed by atoms with Crippen LogP contribution in [0.25, 0.3) is 0 Å². The van der Waals surface area contributed by atoms with Gasteiger partial charge in [0.2, 0.25) is 17.2 Å². The molecule has 2 rings (SSSR count). The lowest BCUT2D eigenvalue weighted by Crippen LogP contribution is -2.43. The largest absolute Gasteiger partial charge is 0.354 e. The van der Waals surface area contributed by atoms with Gasteiger partial charge in [-0.15, -0.1) is 0 Å². The van der Waals surface area contributed by atoms with Crippen LogP contribution < -0.4 is 14.9 Å². The summed E-state index contributed by atoms with van der Waals surface area (Å²) in [5.74, 6) is 0.134. The fourth-order valence-electron chi connectivity index (χ4n) is 2.02. The predicted molar refractivity (Wildman–Crippen MR) is 98.9 cm³/mol. The highest BCUT2D eigenvalue weighted by molar-refractivity contribution is 7.90. The van der Waals surface area contributed by atoms with Gasteiger partial charge in [0.1, 0.15) is 0 Å². The van der Waals surface area contributed by atoms with E-state index >= 15 is 0 Å². The van der Waals surface area contributed by atoms with Gasteiger partial charge >= 0.3 is 6.03 Å². The maximum Gasteiger partial charge on any atom is 0.338 e. The van der Waals surface area contributed by atoms with Crippen LogP contribution in [0.2, 0.25) is 5.28 Å². The molecule has 1 heterocycles. The second kappa shape index (κ2) is 8.28. The SMILES string of the molecule is CCNc1nc(Cl)nc(N(CC)C(=O)NS(=O)(=O)c2ccc(C)cc2)n1. The van der Waals surface area contributed by atoms with Crippen LogP contribution in [0.1, 0.15) is 19.4 Å². The second-order valence-electron chi connectivity index (χ2n) is 5.23. The first-order valence-corrected chi connectivity index (χ1v) is 9.69. The van der Waals surface area contributed by atoms with Crippen LogP contribution in [0.15, 0.2) is 29.2 Å². The number of rotatable bonds is 6. The van der Waals surface area contributed by atoms with Crippen molar-refractivity contribution >= 4 is 39.6 Å². The van der Waals surface area contributed by atoms with Crippen molar-refractivity contribution in [1.82, 2.24) is 19.7 Å². The van der Waals surface area contributed by atoms with E-state index in [2.05, 4.69) is 20.3 Å². The summed E-state index contributed by atoms with van der Waals surface area (Å²) in [7, 11) is -4.03. The van der Waals surface area contributed by atoms with Crippen molar-refractivity contribution in [2.75, 3.05) is 23.3 Å². The van der Waals surface area contributed by atoms with Crippen molar-refractivity contribution in [3.8, 4) is 0 Å². The monoisotopic (exact) mass is 398 g/mol. The van der Waals surface area contributed by atoms with Crippen molar-refractivity contribution in [1.29, 1.82) is 0 Å². The van der Waals surface area contributed by atoms with Gasteiger partial charge < -0.3 is 5.32 Å². The summed E-state index contributed by atoms with van der Waals surface area (Å²) in [6.07, 6.45) is 0. The number of urea groups is 1. The third kappa shape index (κ3) is 4.79. The molecule has 0 aliphatic carbocycles. The molecule has 0 bridgehead atoms. The molecule has 0 aliphatic heterocycles. The van der Waals surface area contributed by atoms with Crippen LogP contribution in [-0.2, 0) is 10.0 Å². The zero-order valence-corrected chi connectivity index (χ0v) is 16.1. The molecule has 0 unspecified atom stereocenters. The third-order valence-corrected chi connectivity index (χ3v) is 4.79. The molecule has 0 spiro atoms. The lowest BCUT2D eigenvalue weighted by Gasteiger charge is -2.19. The Hall–Kier alpha value is -2.46. The highest BCUT2D eigenvalue weighted by Gasteiger charge is 2.24. The van der Waals surface area contributed by atoms with Gasteiger partial charge in [0.15, 0.2) is 0 Å². The Morgan fingerprint density at radius 2 is 1.81 bits per heavy atom. The first-order chi connectivity index (χ1) is 12.3. The van der Waals surface area contributed by atoms with E-state index in [9.17, 15) is 13.2 Å². The highest BCUT2D eigenvalue weighted by Crippen LogP contribution is 2.15. The Morgan fingerprint density at radius 3 is 2.38 bits per heavy atom. The van der Waals surface area contributed by atoms with Crippen molar-refractivity contribution in [2.24, 2.45) is 0 Å². The smallest absolute Gasteiger partial charge is 0.338 e. The molecule has 0 saturated carbocycles. The number of benzene rings is 1. The molecule has 1 aromatic carbocycles. The molecule has 26 heavy (non-hydrogen) atoms. The Bertz CT molecular complexity index is 889. The summed E-state index contributed by atoms with van der Waals surface area (Å²) >= 11 is 5.86. The average Bonchev–Trinajstić information content (AvgIpc) is 2.55. The van der Waals surface area contributed by atoms with Crippen LogP contribution in [0, 0.1) is 6.92 Å². The van der Waals surface area contributed by atoms with E-state index in [0.717, 1.165) is 10.5 Å². The molecule has 1 aromatic heterocycles. The second-order valence-corrected chi connectivity index (χ2v) is 7.25. The number of nitrogens with zero attached hydrogens (tertiary/aromatic N) is 4. The van der Waals surface area contributed by atoms with Crippen molar-refractivity contribution in [3.63, 3.8) is 0 Å². The summed E-state index contributed by atoms with van der Waals surface area (Å²) in [6, 6.07) is 5.24. The van der Waals surface area contributed by atoms with Gasteiger partial charge in [-0.2, -0.15) is 15.0 Å². The van der Waals surface area contributed by atoms with E-state index in [4.69, 9.17) is 11.6 Å². The van der Waals surface area contributed by atoms with Crippen LogP contribution >= 0.6 is 11.6 Å². The molecular weight excluding hydrogens is 380 g/mol. The molecule has 2 N–H and O–H groups in total. The fraction of sp³-hybridized carbons (Fsp3) is 0.333. The number of halogens is 1. The summed E-state index contributed by atoms with van der Waals surface area (Å²) in [5.41, 5.74) is 0.904. The van der Waals surface area contributed by atoms with E-state index in [1.54, 1.807) is 19.1 Å². The number of aryl methyl sites for hydroxylation is 1. The highest BCUT2D eigenvalue weighted by atomic mass is 35.5. The van der Waals surface area contributed by atoms with Gasteiger partial charge in [0.25, 0.3) is 10.0 Å². The quantitative estimate of drug-likeness (QED) is 0.765. The predicted octanol–water partition coefficient (Wildman–Crippen LogP) is 2.19. The molecule has 140 valence electrons. The topological polar surface area (TPSA) is 117 Å². The number of carbonyl (C=O) groups excluding carboxylic acids is 1. The van der Waals surface area contributed by atoms with Gasteiger partial charge in [-0.25, -0.2) is 17.9 Å². The maximum absolute atomic E-state index is 12.5. The van der Waals surface area contributed by atoms with E-state index in [0.29, 0.717) is 6.54 Å². The Morgan fingerprint density at radius 1 is 1.15 bits per heavy atom. The van der Waals surface area contributed by atoms with Crippen molar-refractivity contribution < 1.29 is 13.2 Å². The van der Waals surface area contributed by atoms with Crippen molar-refractivity contribution in [2.45, 2.75) is 25.7 Å². The molecule has 0 fully saturated rings. The molecule has 0 radical (unpaired) electrons. The number of nitrogens with one attached hydrogen (secondary N) is 2. The molecule has 0 saturated heterocycles.